The number of nitrogens with two attached hydrogens (primary N) is 1. The third-order valence-corrected chi connectivity index (χ3v) is 2.92. The van der Waals surface area contributed by atoms with Crippen LogP contribution in [0.15, 0.2) is 12.1 Å². The molecule has 0 spiro atoms. The number of hydrogen-bond acceptors (Lipinski definition) is 3. The van der Waals surface area contributed by atoms with Crippen molar-refractivity contribution >= 4 is 11.4 Å². The highest BCUT2D eigenvalue weighted by atomic mass is 19.1. The van der Waals surface area contributed by atoms with E-state index in [-0.39, 0.29) is 11.9 Å². The zero-order valence-electron chi connectivity index (χ0n) is 10.5. The molecule has 0 aliphatic heterocycles. The van der Waals surface area contributed by atoms with E-state index in [4.69, 9.17) is 10.5 Å². The van der Waals surface area contributed by atoms with Gasteiger partial charge in [-0.25, -0.2) is 4.39 Å². The monoisotopic (exact) mass is 238 g/mol. The lowest BCUT2D eigenvalue weighted by Gasteiger charge is -2.22. The smallest absolute Gasteiger partial charge is 0.167 e. The zero-order chi connectivity index (χ0) is 12.6. The molecule has 1 aromatic rings. The van der Waals surface area contributed by atoms with Crippen LogP contribution < -0.4 is 15.4 Å². The van der Waals surface area contributed by atoms with Crippen LogP contribution in [0.4, 0.5) is 15.8 Å². The SMILES string of the molecule is CC(C)Oc1cc(N(C)C2CC2)c(N)cc1F. The van der Waals surface area contributed by atoms with Crippen molar-refractivity contribution in [3.05, 3.63) is 17.9 Å². The first-order valence-electron chi connectivity index (χ1n) is 5.97. The summed E-state index contributed by atoms with van der Waals surface area (Å²) in [5.74, 6) is -0.124. The van der Waals surface area contributed by atoms with Crippen LogP contribution >= 0.6 is 0 Å². The van der Waals surface area contributed by atoms with E-state index in [1.165, 1.54) is 18.9 Å². The Labute approximate surface area is 101 Å². The molecule has 0 amide bonds. The number of nitrogens with zero attached hydrogens (tertiary/aromatic N) is 1. The Hall–Kier alpha value is -1.45. The fourth-order valence-corrected chi connectivity index (χ4v) is 1.87. The Balaban J connectivity index is 2.31. The van der Waals surface area contributed by atoms with E-state index in [9.17, 15) is 4.39 Å². The minimum atomic E-state index is -0.399. The highest BCUT2D eigenvalue weighted by Crippen LogP contribution is 2.36. The zero-order valence-corrected chi connectivity index (χ0v) is 10.5. The van der Waals surface area contributed by atoms with Gasteiger partial charge in [-0.05, 0) is 26.7 Å². The van der Waals surface area contributed by atoms with Crippen LogP contribution in [0.2, 0.25) is 0 Å². The summed E-state index contributed by atoms with van der Waals surface area (Å²) in [6.07, 6.45) is 2.30. The normalized spacial score (nSPS) is 15.1. The van der Waals surface area contributed by atoms with Gasteiger partial charge in [-0.1, -0.05) is 0 Å². The number of hydrogen-bond donors (Lipinski definition) is 1. The molecule has 0 heterocycles. The molecule has 0 aromatic heterocycles. The third-order valence-electron chi connectivity index (χ3n) is 2.92. The Morgan fingerprint density at radius 1 is 1.41 bits per heavy atom. The van der Waals surface area contributed by atoms with Gasteiger partial charge in [0.15, 0.2) is 11.6 Å². The van der Waals surface area contributed by atoms with Gasteiger partial charge < -0.3 is 15.4 Å². The minimum absolute atomic E-state index is 0.0489. The van der Waals surface area contributed by atoms with Crippen molar-refractivity contribution in [2.75, 3.05) is 17.7 Å². The van der Waals surface area contributed by atoms with E-state index < -0.39 is 5.82 Å². The van der Waals surface area contributed by atoms with Gasteiger partial charge in [0.1, 0.15) is 0 Å². The van der Waals surface area contributed by atoms with Crippen LogP contribution in [0.5, 0.6) is 5.75 Å². The second-order valence-corrected chi connectivity index (χ2v) is 4.85. The summed E-state index contributed by atoms with van der Waals surface area (Å²) in [5.41, 5.74) is 7.17. The molecule has 1 aliphatic rings. The van der Waals surface area contributed by atoms with E-state index in [1.54, 1.807) is 6.07 Å². The first-order valence-corrected chi connectivity index (χ1v) is 5.97. The molecule has 3 nitrogen and oxygen atoms in total. The molecule has 0 saturated heterocycles. The second-order valence-electron chi connectivity index (χ2n) is 4.85. The maximum atomic E-state index is 13.6. The average Bonchev–Trinajstić information content (AvgIpc) is 3.04. The molecule has 4 heteroatoms. The molecule has 1 aromatic carbocycles. The van der Waals surface area contributed by atoms with E-state index in [1.807, 2.05) is 20.9 Å². The minimum Gasteiger partial charge on any atom is -0.488 e. The first kappa shape index (κ1) is 12.0. The van der Waals surface area contributed by atoms with Crippen molar-refractivity contribution < 1.29 is 9.13 Å². The number of anilines is 2. The third kappa shape index (κ3) is 2.62. The predicted octanol–water partition coefficient (Wildman–Crippen LogP) is 2.79. The molecule has 0 radical (unpaired) electrons. The Morgan fingerprint density at radius 2 is 2.06 bits per heavy atom. The van der Waals surface area contributed by atoms with Crippen LogP contribution in [0, 0.1) is 5.82 Å². The average molecular weight is 238 g/mol. The molecule has 0 bridgehead atoms. The van der Waals surface area contributed by atoms with Crippen molar-refractivity contribution in [1.82, 2.24) is 0 Å². The van der Waals surface area contributed by atoms with Crippen molar-refractivity contribution in [3.63, 3.8) is 0 Å². The number of rotatable bonds is 4. The highest BCUT2D eigenvalue weighted by Gasteiger charge is 2.28. The second kappa shape index (κ2) is 4.43. The quantitative estimate of drug-likeness (QED) is 0.820. The summed E-state index contributed by atoms with van der Waals surface area (Å²) in [5, 5.41) is 0. The standard InChI is InChI=1S/C13H19FN2O/c1-8(2)17-13-7-12(11(15)6-10(13)14)16(3)9-4-5-9/h6-9H,4-5,15H2,1-3H3. The molecule has 94 valence electrons. The predicted molar refractivity (Wildman–Crippen MR) is 68.0 cm³/mol. The molecular weight excluding hydrogens is 219 g/mol. The molecule has 2 rings (SSSR count). The lowest BCUT2D eigenvalue weighted by atomic mass is 10.2. The molecule has 1 saturated carbocycles. The van der Waals surface area contributed by atoms with Crippen LogP contribution in [-0.2, 0) is 0 Å². The van der Waals surface area contributed by atoms with E-state index >= 15 is 0 Å². The summed E-state index contributed by atoms with van der Waals surface area (Å²) in [4.78, 5) is 2.10. The van der Waals surface area contributed by atoms with Crippen molar-refractivity contribution in [3.8, 4) is 5.75 Å². The molecule has 0 unspecified atom stereocenters. The maximum absolute atomic E-state index is 13.6. The molecule has 1 aliphatic carbocycles. The van der Waals surface area contributed by atoms with Gasteiger partial charge in [-0.15, -0.1) is 0 Å². The van der Waals surface area contributed by atoms with Gasteiger partial charge in [0.25, 0.3) is 0 Å². The van der Waals surface area contributed by atoms with Crippen molar-refractivity contribution in [2.45, 2.75) is 38.8 Å². The Morgan fingerprint density at radius 3 is 2.59 bits per heavy atom. The van der Waals surface area contributed by atoms with Crippen LogP contribution in [0.1, 0.15) is 26.7 Å². The largest absolute Gasteiger partial charge is 0.488 e. The van der Waals surface area contributed by atoms with E-state index in [2.05, 4.69) is 4.90 Å². The van der Waals surface area contributed by atoms with Crippen LogP contribution in [0.3, 0.4) is 0 Å². The fraction of sp³-hybridized carbons (Fsp3) is 0.538. The van der Waals surface area contributed by atoms with Gasteiger partial charge >= 0.3 is 0 Å². The summed E-state index contributed by atoms with van der Waals surface area (Å²) in [6, 6.07) is 3.57. The van der Waals surface area contributed by atoms with E-state index in [0.717, 1.165) is 5.69 Å². The van der Waals surface area contributed by atoms with E-state index in [0.29, 0.717) is 11.7 Å². The highest BCUT2D eigenvalue weighted by molar-refractivity contribution is 5.70. The number of benzene rings is 1. The molecule has 2 N–H and O–H groups in total. The summed E-state index contributed by atoms with van der Waals surface area (Å²) in [6.45, 7) is 3.75. The van der Waals surface area contributed by atoms with Gasteiger partial charge in [-0.3, -0.25) is 0 Å². The molecule has 17 heavy (non-hydrogen) atoms. The van der Waals surface area contributed by atoms with Crippen LogP contribution in [-0.4, -0.2) is 19.2 Å². The lowest BCUT2D eigenvalue weighted by Crippen LogP contribution is -2.21. The van der Waals surface area contributed by atoms with Crippen molar-refractivity contribution in [1.29, 1.82) is 0 Å². The summed E-state index contributed by atoms with van der Waals surface area (Å²) in [7, 11) is 1.99. The lowest BCUT2D eigenvalue weighted by molar-refractivity contribution is 0.231. The van der Waals surface area contributed by atoms with Crippen LogP contribution in [0.25, 0.3) is 0 Å². The Kier molecular flexibility index (Phi) is 3.13. The van der Waals surface area contributed by atoms with Gasteiger partial charge in [0.2, 0.25) is 0 Å². The number of halogens is 1. The van der Waals surface area contributed by atoms with Gasteiger partial charge in [0.05, 0.1) is 17.5 Å². The molecule has 1 fully saturated rings. The topological polar surface area (TPSA) is 38.5 Å². The van der Waals surface area contributed by atoms with Crippen molar-refractivity contribution in [2.24, 2.45) is 0 Å². The number of ether oxygens (including phenoxy) is 1. The van der Waals surface area contributed by atoms with Gasteiger partial charge in [-0.2, -0.15) is 0 Å². The summed E-state index contributed by atoms with van der Waals surface area (Å²) >= 11 is 0. The maximum Gasteiger partial charge on any atom is 0.167 e. The van der Waals surface area contributed by atoms with Gasteiger partial charge in [0, 0.05) is 25.2 Å². The first-order chi connectivity index (χ1) is 7.99. The molecular formula is C13H19FN2O. The fourth-order valence-electron chi connectivity index (χ4n) is 1.87. The summed E-state index contributed by atoms with van der Waals surface area (Å²) < 4.78 is 19.1. The Bertz CT molecular complexity index is 416. The number of nitrogen functional groups attached to an aromatic ring is 1. The molecule has 0 atom stereocenters.